The highest BCUT2D eigenvalue weighted by molar-refractivity contribution is 7.90. The van der Waals surface area contributed by atoms with Crippen LogP contribution in [0.4, 0.5) is 4.79 Å². The van der Waals surface area contributed by atoms with E-state index in [0.29, 0.717) is 37.3 Å². The van der Waals surface area contributed by atoms with Gasteiger partial charge in [-0.1, -0.05) is 49.4 Å². The monoisotopic (exact) mass is 578 g/mol. The second-order valence-electron chi connectivity index (χ2n) is 12.6. The summed E-state index contributed by atoms with van der Waals surface area (Å²) in [5.41, 5.74) is 0.668. The summed E-state index contributed by atoms with van der Waals surface area (Å²) < 4.78 is 23.6. The number of ketones is 1. The minimum absolute atomic E-state index is 0.0755. The number of amides is 3. The van der Waals surface area contributed by atoms with Crippen molar-refractivity contribution in [3.8, 4) is 0 Å². The first kappa shape index (κ1) is 28.1. The maximum atomic E-state index is 14.0. The maximum absolute atomic E-state index is 14.0. The van der Waals surface area contributed by atoms with E-state index in [1.54, 1.807) is 12.1 Å². The van der Waals surface area contributed by atoms with Crippen LogP contribution in [-0.4, -0.2) is 80.0 Å². The van der Waals surface area contributed by atoms with Crippen LogP contribution in [0.15, 0.2) is 59.5 Å². The fourth-order valence-corrected chi connectivity index (χ4v) is 7.52. The highest BCUT2D eigenvalue weighted by Gasteiger charge is 2.56. The summed E-state index contributed by atoms with van der Waals surface area (Å²) in [6.07, 6.45) is 3.87. The van der Waals surface area contributed by atoms with Gasteiger partial charge in [-0.05, 0) is 48.9 Å². The predicted molar refractivity (Wildman–Crippen MR) is 154 cm³/mol. The van der Waals surface area contributed by atoms with E-state index < -0.39 is 21.4 Å². The second-order valence-corrected chi connectivity index (χ2v) is 14.6. The molecule has 218 valence electrons. The Hall–Kier alpha value is -3.08. The lowest BCUT2D eigenvalue weighted by atomic mass is 9.77. The molecule has 0 aromatic heterocycles. The summed E-state index contributed by atoms with van der Waals surface area (Å²) in [5.74, 6) is 0.428. The average Bonchev–Trinajstić information content (AvgIpc) is 3.46. The largest absolute Gasteiger partial charge is 0.325 e. The number of carbonyl (C=O) groups is 3. The lowest BCUT2D eigenvalue weighted by Crippen LogP contribution is -2.60. The molecule has 41 heavy (non-hydrogen) atoms. The van der Waals surface area contributed by atoms with E-state index in [1.807, 2.05) is 6.07 Å². The van der Waals surface area contributed by atoms with E-state index in [2.05, 4.69) is 46.7 Å². The predicted octanol–water partition coefficient (Wildman–Crippen LogP) is 2.72. The maximum Gasteiger partial charge on any atom is 0.325 e. The zero-order chi connectivity index (χ0) is 29.0. The van der Waals surface area contributed by atoms with Crippen LogP contribution in [0.25, 0.3) is 0 Å². The lowest BCUT2D eigenvalue weighted by Gasteiger charge is -2.44. The Labute approximate surface area is 241 Å². The molecule has 1 saturated carbocycles. The van der Waals surface area contributed by atoms with E-state index >= 15 is 0 Å². The molecular weight excluding hydrogens is 540 g/mol. The molecular formula is C31H38N4O5S. The van der Waals surface area contributed by atoms with E-state index in [4.69, 9.17) is 0 Å². The number of imide groups is 1. The van der Waals surface area contributed by atoms with Crippen LogP contribution in [0.3, 0.4) is 0 Å². The third-order valence-electron chi connectivity index (χ3n) is 9.74. The van der Waals surface area contributed by atoms with Crippen LogP contribution in [0.5, 0.6) is 0 Å². The van der Waals surface area contributed by atoms with Gasteiger partial charge < -0.3 is 10.6 Å². The number of carbonyl (C=O) groups excluding carboxylic acids is 3. The van der Waals surface area contributed by atoms with Crippen LogP contribution in [-0.2, 0) is 26.0 Å². The Morgan fingerprint density at radius 2 is 1.63 bits per heavy atom. The number of nitrogens with one attached hydrogen (secondary N) is 2. The third kappa shape index (κ3) is 5.21. The van der Waals surface area contributed by atoms with Crippen molar-refractivity contribution in [3.05, 3.63) is 65.7 Å². The Balaban J connectivity index is 1.18. The SMILES string of the molecule is CC1(C(=O)C([C@@H]2CNC[C@@H]2c2ccccc2)N2CCC3(CC2)NC(=O)N(Cc2ccc(S(C)(=O)=O)cc2)C3=O)CC1. The van der Waals surface area contributed by atoms with Crippen LogP contribution in [0.2, 0.25) is 0 Å². The first-order valence-corrected chi connectivity index (χ1v) is 16.4. The van der Waals surface area contributed by atoms with E-state index in [1.165, 1.54) is 22.6 Å². The first-order chi connectivity index (χ1) is 19.5. The molecule has 1 spiro atoms. The van der Waals surface area contributed by atoms with Gasteiger partial charge in [0.1, 0.15) is 5.54 Å². The molecule has 2 aromatic carbocycles. The van der Waals surface area contributed by atoms with Gasteiger partial charge in [-0.15, -0.1) is 0 Å². The molecule has 2 N–H and O–H groups in total. The molecule has 3 atom stereocenters. The molecule has 0 bridgehead atoms. The van der Waals surface area contributed by atoms with Gasteiger partial charge in [0.05, 0.1) is 17.5 Å². The topological polar surface area (TPSA) is 116 Å². The smallest absolute Gasteiger partial charge is 0.323 e. The van der Waals surface area contributed by atoms with Crippen LogP contribution < -0.4 is 10.6 Å². The molecule has 9 nitrogen and oxygen atoms in total. The van der Waals surface area contributed by atoms with Crippen LogP contribution in [0.1, 0.15) is 49.7 Å². The third-order valence-corrected chi connectivity index (χ3v) is 10.9. The molecule has 10 heteroatoms. The molecule has 3 heterocycles. The standard InChI is InChI=1S/C31H38N4O5S/c1-30(12-13-30)27(36)26(25-19-32-18-24(25)22-6-4-3-5-7-22)34-16-14-31(15-17-34)28(37)35(29(38)33-31)20-21-8-10-23(11-9-21)41(2,39)40/h3-11,24-26,32H,12-20H2,1-2H3,(H,33,38)/t24-,25-,26?/m1/s1. The summed E-state index contributed by atoms with van der Waals surface area (Å²) in [6, 6.07) is 16.0. The second kappa shape index (κ2) is 10.3. The van der Waals surface area contributed by atoms with Gasteiger partial charge in [0.2, 0.25) is 0 Å². The minimum Gasteiger partial charge on any atom is -0.323 e. The number of sulfone groups is 1. The van der Waals surface area contributed by atoms with Gasteiger partial charge in [-0.3, -0.25) is 19.4 Å². The quantitative estimate of drug-likeness (QED) is 0.463. The van der Waals surface area contributed by atoms with Crippen molar-refractivity contribution < 1.29 is 22.8 Å². The van der Waals surface area contributed by atoms with Crippen molar-refractivity contribution in [3.63, 3.8) is 0 Å². The molecule has 6 rings (SSSR count). The Bertz CT molecular complexity index is 1450. The molecule has 3 saturated heterocycles. The lowest BCUT2D eigenvalue weighted by molar-refractivity contribution is -0.135. The number of piperidine rings is 1. The summed E-state index contributed by atoms with van der Waals surface area (Å²) in [7, 11) is -3.33. The van der Waals surface area contributed by atoms with Gasteiger partial charge >= 0.3 is 6.03 Å². The van der Waals surface area contributed by atoms with Crippen molar-refractivity contribution in [2.75, 3.05) is 32.4 Å². The summed E-state index contributed by atoms with van der Waals surface area (Å²) in [4.78, 5) is 44.3. The highest BCUT2D eigenvalue weighted by atomic mass is 32.2. The summed E-state index contributed by atoms with van der Waals surface area (Å²) >= 11 is 0. The summed E-state index contributed by atoms with van der Waals surface area (Å²) in [5, 5.41) is 6.52. The first-order valence-electron chi connectivity index (χ1n) is 14.5. The zero-order valence-electron chi connectivity index (χ0n) is 23.6. The average molecular weight is 579 g/mol. The van der Waals surface area contributed by atoms with Gasteiger partial charge in [0, 0.05) is 49.7 Å². The minimum atomic E-state index is -3.33. The molecule has 4 aliphatic rings. The Kier molecular flexibility index (Phi) is 7.07. The number of likely N-dealkylation sites (tertiary alicyclic amines) is 1. The molecule has 3 aliphatic heterocycles. The number of urea groups is 1. The van der Waals surface area contributed by atoms with Crippen molar-refractivity contribution in [1.82, 2.24) is 20.4 Å². The number of hydrogen-bond acceptors (Lipinski definition) is 7. The zero-order valence-corrected chi connectivity index (χ0v) is 24.5. The van der Waals surface area contributed by atoms with E-state index in [-0.39, 0.29) is 40.6 Å². The highest BCUT2D eigenvalue weighted by Crippen LogP contribution is 2.49. The number of hydrogen-bond donors (Lipinski definition) is 2. The molecule has 0 radical (unpaired) electrons. The van der Waals surface area contributed by atoms with Crippen molar-refractivity contribution in [1.29, 1.82) is 0 Å². The van der Waals surface area contributed by atoms with Gasteiger partial charge in [-0.25, -0.2) is 13.2 Å². The molecule has 1 aliphatic carbocycles. The molecule has 2 aromatic rings. The van der Waals surface area contributed by atoms with E-state index in [9.17, 15) is 22.8 Å². The van der Waals surface area contributed by atoms with Gasteiger partial charge in [0.25, 0.3) is 5.91 Å². The van der Waals surface area contributed by atoms with E-state index in [0.717, 1.165) is 32.2 Å². The Morgan fingerprint density at radius 3 is 2.24 bits per heavy atom. The van der Waals surface area contributed by atoms with Crippen molar-refractivity contribution in [2.24, 2.45) is 11.3 Å². The number of benzene rings is 2. The van der Waals surface area contributed by atoms with Crippen LogP contribution in [0, 0.1) is 11.3 Å². The number of nitrogens with zero attached hydrogens (tertiary/aromatic N) is 2. The van der Waals surface area contributed by atoms with Gasteiger partial charge in [0.15, 0.2) is 15.6 Å². The molecule has 1 unspecified atom stereocenters. The Morgan fingerprint density at radius 1 is 0.976 bits per heavy atom. The number of Topliss-reactive ketones (excluding diaryl/α,β-unsaturated/α-hetero) is 1. The van der Waals surface area contributed by atoms with Crippen molar-refractivity contribution >= 4 is 27.6 Å². The fourth-order valence-electron chi connectivity index (χ4n) is 6.89. The normalized spacial score (nSPS) is 26.2. The molecule has 4 fully saturated rings. The molecule has 3 amide bonds. The van der Waals surface area contributed by atoms with Gasteiger partial charge in [-0.2, -0.15) is 0 Å². The van der Waals surface area contributed by atoms with Crippen molar-refractivity contribution in [2.45, 2.75) is 61.5 Å². The fraction of sp³-hybridized carbons (Fsp3) is 0.516. The van der Waals surface area contributed by atoms with Crippen LogP contribution >= 0.6 is 0 Å². The number of rotatable bonds is 8. The summed E-state index contributed by atoms with van der Waals surface area (Å²) in [6.45, 7) is 4.86.